The smallest absolute Gasteiger partial charge is 0.244 e. The molecule has 1 aliphatic rings. The third kappa shape index (κ3) is 3.38. The Hall–Kier alpha value is -1.13. The molecule has 2 rings (SSSR count). The molecule has 0 aliphatic carbocycles. The Kier molecular flexibility index (Phi) is 5.22. The molecule has 1 atom stereocenters. The van der Waals surface area contributed by atoms with E-state index in [9.17, 15) is 8.42 Å². The summed E-state index contributed by atoms with van der Waals surface area (Å²) in [7, 11) is -3.64. The molecule has 0 bridgehead atoms. The van der Waals surface area contributed by atoms with Gasteiger partial charge in [0.05, 0.1) is 16.7 Å². The van der Waals surface area contributed by atoms with Crippen LogP contribution in [0.5, 0.6) is 0 Å². The summed E-state index contributed by atoms with van der Waals surface area (Å²) < 4.78 is 27.2. The molecular formula is C14H18ClN3O2S. The summed E-state index contributed by atoms with van der Waals surface area (Å²) in [5.74, 6) is 0. The summed E-state index contributed by atoms with van der Waals surface area (Å²) in [5, 5.41) is 12.2. The van der Waals surface area contributed by atoms with E-state index in [2.05, 4.69) is 5.32 Å². The Bertz CT molecular complexity index is 653. The van der Waals surface area contributed by atoms with Gasteiger partial charge < -0.3 is 5.32 Å². The number of rotatable bonds is 4. The number of piperazine rings is 1. The molecule has 0 saturated carbocycles. The monoisotopic (exact) mass is 327 g/mol. The predicted molar refractivity (Wildman–Crippen MR) is 81.6 cm³/mol. The van der Waals surface area contributed by atoms with Crippen LogP contribution in [0.15, 0.2) is 23.1 Å². The molecular weight excluding hydrogens is 310 g/mol. The molecule has 21 heavy (non-hydrogen) atoms. The van der Waals surface area contributed by atoms with Crippen LogP contribution in [-0.4, -0.2) is 38.4 Å². The highest BCUT2D eigenvalue weighted by Crippen LogP contribution is 2.28. The second kappa shape index (κ2) is 6.75. The van der Waals surface area contributed by atoms with Crippen molar-refractivity contribution < 1.29 is 8.42 Å². The van der Waals surface area contributed by atoms with Crippen molar-refractivity contribution in [2.75, 3.05) is 19.6 Å². The number of hydrogen-bond acceptors (Lipinski definition) is 4. The first-order chi connectivity index (χ1) is 10.0. The normalized spacial score (nSPS) is 20.1. The highest BCUT2D eigenvalue weighted by atomic mass is 35.5. The van der Waals surface area contributed by atoms with Gasteiger partial charge in [0.2, 0.25) is 10.0 Å². The zero-order valence-electron chi connectivity index (χ0n) is 11.8. The van der Waals surface area contributed by atoms with Gasteiger partial charge in [0.15, 0.2) is 0 Å². The molecule has 0 radical (unpaired) electrons. The summed E-state index contributed by atoms with van der Waals surface area (Å²) in [5.41, 5.74) is 0.351. The third-order valence-corrected chi connectivity index (χ3v) is 6.00. The van der Waals surface area contributed by atoms with Crippen molar-refractivity contribution in [1.29, 1.82) is 5.26 Å². The number of nitrogens with one attached hydrogen (secondary N) is 1. The second-order valence-corrected chi connectivity index (χ2v) is 7.29. The van der Waals surface area contributed by atoms with Crippen LogP contribution in [0.2, 0.25) is 5.02 Å². The maximum atomic E-state index is 12.8. The second-order valence-electron chi connectivity index (χ2n) is 5.02. The highest BCUT2D eigenvalue weighted by molar-refractivity contribution is 7.89. The van der Waals surface area contributed by atoms with Crippen molar-refractivity contribution in [1.82, 2.24) is 9.62 Å². The Labute approximate surface area is 130 Å². The van der Waals surface area contributed by atoms with E-state index in [4.69, 9.17) is 16.9 Å². The molecule has 1 aliphatic heterocycles. The zero-order valence-corrected chi connectivity index (χ0v) is 13.4. The number of hydrogen-bond donors (Lipinski definition) is 1. The molecule has 0 spiro atoms. The molecule has 5 nitrogen and oxygen atoms in total. The van der Waals surface area contributed by atoms with Crippen LogP contribution in [0, 0.1) is 11.3 Å². The van der Waals surface area contributed by atoms with Gasteiger partial charge in [0.1, 0.15) is 4.90 Å². The van der Waals surface area contributed by atoms with Gasteiger partial charge in [-0.3, -0.25) is 0 Å². The molecule has 0 amide bonds. The molecule has 1 aromatic carbocycles. The lowest BCUT2D eigenvalue weighted by atomic mass is 10.1. The average Bonchev–Trinajstić information content (AvgIpc) is 2.47. The number of nitrogens with zero attached hydrogens (tertiary/aromatic N) is 2. The molecule has 114 valence electrons. The van der Waals surface area contributed by atoms with Crippen LogP contribution in [0.3, 0.4) is 0 Å². The SMILES string of the molecule is CCCC1CNCCN1S(=O)(=O)c1ccc(C#N)cc1Cl. The minimum atomic E-state index is -3.64. The number of sulfonamides is 1. The summed E-state index contributed by atoms with van der Waals surface area (Å²) in [6.45, 7) is 3.76. The van der Waals surface area contributed by atoms with E-state index in [1.807, 2.05) is 13.0 Å². The van der Waals surface area contributed by atoms with Crippen molar-refractivity contribution in [2.24, 2.45) is 0 Å². The van der Waals surface area contributed by atoms with Crippen LogP contribution in [0.4, 0.5) is 0 Å². The topological polar surface area (TPSA) is 73.2 Å². The van der Waals surface area contributed by atoms with Gasteiger partial charge in [-0.25, -0.2) is 8.42 Å². The standard InChI is InChI=1S/C14H18ClN3O2S/c1-2-3-12-10-17-6-7-18(12)21(19,20)14-5-4-11(9-16)8-13(14)15/h4-5,8,12,17H,2-3,6-7,10H2,1H3. The molecule has 1 N–H and O–H groups in total. The Morgan fingerprint density at radius 3 is 2.90 bits per heavy atom. The Balaban J connectivity index is 2.38. The van der Waals surface area contributed by atoms with E-state index in [0.29, 0.717) is 25.2 Å². The third-order valence-electron chi connectivity index (χ3n) is 3.57. The molecule has 1 unspecified atom stereocenters. The minimum absolute atomic E-state index is 0.0551. The predicted octanol–water partition coefficient (Wildman–Crippen LogP) is 1.97. The van der Waals surface area contributed by atoms with Gasteiger partial charge >= 0.3 is 0 Å². The van der Waals surface area contributed by atoms with E-state index in [1.165, 1.54) is 22.5 Å². The lowest BCUT2D eigenvalue weighted by Gasteiger charge is -2.35. The average molecular weight is 328 g/mol. The molecule has 7 heteroatoms. The van der Waals surface area contributed by atoms with Gasteiger partial charge in [-0.2, -0.15) is 9.57 Å². The van der Waals surface area contributed by atoms with E-state index in [-0.39, 0.29) is 16.0 Å². The zero-order chi connectivity index (χ0) is 15.5. The number of halogens is 1. The first kappa shape index (κ1) is 16.2. The quantitative estimate of drug-likeness (QED) is 0.917. The van der Waals surface area contributed by atoms with E-state index >= 15 is 0 Å². The van der Waals surface area contributed by atoms with Gasteiger partial charge in [0, 0.05) is 25.7 Å². The minimum Gasteiger partial charge on any atom is -0.314 e. The van der Waals surface area contributed by atoms with Crippen molar-refractivity contribution in [3.63, 3.8) is 0 Å². The van der Waals surface area contributed by atoms with Gasteiger partial charge in [0.25, 0.3) is 0 Å². The first-order valence-electron chi connectivity index (χ1n) is 6.93. The maximum Gasteiger partial charge on any atom is 0.244 e. The fourth-order valence-corrected chi connectivity index (χ4v) is 4.72. The molecule has 0 aromatic heterocycles. The first-order valence-corrected chi connectivity index (χ1v) is 8.74. The van der Waals surface area contributed by atoms with Gasteiger partial charge in [-0.1, -0.05) is 24.9 Å². The Morgan fingerprint density at radius 1 is 1.52 bits per heavy atom. The van der Waals surface area contributed by atoms with Crippen molar-refractivity contribution >= 4 is 21.6 Å². The molecule has 1 saturated heterocycles. The van der Waals surface area contributed by atoms with Crippen LogP contribution in [-0.2, 0) is 10.0 Å². The largest absolute Gasteiger partial charge is 0.314 e. The van der Waals surface area contributed by atoms with Crippen LogP contribution >= 0.6 is 11.6 Å². The fourth-order valence-electron chi connectivity index (χ4n) is 2.54. The van der Waals surface area contributed by atoms with E-state index < -0.39 is 10.0 Å². The van der Waals surface area contributed by atoms with Crippen molar-refractivity contribution in [3.8, 4) is 6.07 Å². The van der Waals surface area contributed by atoms with E-state index in [1.54, 1.807) is 0 Å². The van der Waals surface area contributed by atoms with Crippen LogP contribution in [0.25, 0.3) is 0 Å². The van der Waals surface area contributed by atoms with E-state index in [0.717, 1.165) is 12.8 Å². The van der Waals surface area contributed by atoms with Crippen LogP contribution < -0.4 is 5.32 Å². The summed E-state index contributed by atoms with van der Waals surface area (Å²) in [4.78, 5) is 0.0752. The fraction of sp³-hybridized carbons (Fsp3) is 0.500. The van der Waals surface area contributed by atoms with Gasteiger partial charge in [-0.05, 0) is 24.6 Å². The molecule has 1 fully saturated rings. The number of nitriles is 1. The Morgan fingerprint density at radius 2 is 2.29 bits per heavy atom. The summed E-state index contributed by atoms with van der Waals surface area (Å²) in [6, 6.07) is 6.19. The lowest BCUT2D eigenvalue weighted by molar-refractivity contribution is 0.254. The molecule has 1 aromatic rings. The van der Waals surface area contributed by atoms with Crippen LogP contribution in [0.1, 0.15) is 25.3 Å². The maximum absolute atomic E-state index is 12.8. The summed E-state index contributed by atoms with van der Waals surface area (Å²) in [6.07, 6.45) is 1.72. The van der Waals surface area contributed by atoms with Gasteiger partial charge in [-0.15, -0.1) is 0 Å². The van der Waals surface area contributed by atoms with Crippen molar-refractivity contribution in [2.45, 2.75) is 30.7 Å². The molecule has 1 heterocycles. The number of benzene rings is 1. The lowest BCUT2D eigenvalue weighted by Crippen LogP contribution is -2.53. The summed E-state index contributed by atoms with van der Waals surface area (Å²) >= 11 is 6.06. The highest BCUT2D eigenvalue weighted by Gasteiger charge is 2.34. The van der Waals surface area contributed by atoms with Crippen molar-refractivity contribution in [3.05, 3.63) is 28.8 Å².